The van der Waals surface area contributed by atoms with E-state index in [0.29, 0.717) is 101 Å². The van der Waals surface area contributed by atoms with Crippen LogP contribution in [0.2, 0.25) is 0 Å². The SMILES string of the molecule is C=C(C)C(=O)OCCCCCC(=O)NCCCOc1cc(C(N)=O)cc2nc(NC(=O)c3cc(C)nn3CC)n(C/C=C/Cn3c(N)nc4cc(C=O)cc(OC)c43)c12. The molecular formula is C41H50N10O8. The maximum absolute atomic E-state index is 13.6. The van der Waals surface area contributed by atoms with Crippen LogP contribution in [0.1, 0.15) is 82.8 Å². The molecule has 0 saturated heterocycles. The predicted molar refractivity (Wildman–Crippen MR) is 221 cm³/mol. The number of carbonyl (C=O) groups excluding carboxylic acids is 5. The summed E-state index contributed by atoms with van der Waals surface area (Å²) in [6.07, 6.45) is 7.22. The molecule has 0 atom stereocenters. The topological polar surface area (TPSA) is 243 Å². The molecule has 0 spiro atoms. The lowest BCUT2D eigenvalue weighted by Gasteiger charge is -2.13. The van der Waals surface area contributed by atoms with E-state index in [0.717, 1.165) is 6.42 Å². The maximum atomic E-state index is 13.6. The van der Waals surface area contributed by atoms with Gasteiger partial charge in [0.1, 0.15) is 34.5 Å². The van der Waals surface area contributed by atoms with Gasteiger partial charge in [0, 0.05) is 49.3 Å². The van der Waals surface area contributed by atoms with Crippen LogP contribution in [0.5, 0.6) is 11.5 Å². The fraction of sp³-hybridized carbons (Fsp3) is 0.366. The smallest absolute Gasteiger partial charge is 0.333 e. The summed E-state index contributed by atoms with van der Waals surface area (Å²) in [6.45, 7) is 10.6. The van der Waals surface area contributed by atoms with E-state index in [4.69, 9.17) is 30.7 Å². The number of unbranched alkanes of at least 4 members (excludes halogenated alkanes) is 2. The van der Waals surface area contributed by atoms with Crippen molar-refractivity contribution in [2.75, 3.05) is 37.9 Å². The number of aldehydes is 1. The number of allylic oxidation sites excluding steroid dienone is 2. The number of hydrogen-bond acceptors (Lipinski definition) is 12. The first-order valence-corrected chi connectivity index (χ1v) is 19.2. The minimum absolute atomic E-state index is 0.110. The summed E-state index contributed by atoms with van der Waals surface area (Å²) in [5.41, 5.74) is 15.9. The second kappa shape index (κ2) is 19.9. The van der Waals surface area contributed by atoms with Gasteiger partial charge in [-0.05, 0) is 76.8 Å². The molecule has 3 aromatic heterocycles. The number of rotatable bonds is 22. The zero-order chi connectivity index (χ0) is 42.6. The number of aryl methyl sites for hydroxylation is 2. The number of hydrogen-bond donors (Lipinski definition) is 4. The molecule has 0 bridgehead atoms. The molecular weight excluding hydrogens is 761 g/mol. The summed E-state index contributed by atoms with van der Waals surface area (Å²) >= 11 is 0. The second-order valence-electron chi connectivity index (χ2n) is 13.7. The third-order valence-electron chi connectivity index (χ3n) is 9.24. The highest BCUT2D eigenvalue weighted by atomic mass is 16.5. The molecule has 18 nitrogen and oxygen atoms in total. The number of anilines is 2. The Morgan fingerprint density at radius 2 is 1.64 bits per heavy atom. The molecule has 5 aromatic rings. The number of imidazole rings is 2. The lowest BCUT2D eigenvalue weighted by atomic mass is 10.1. The number of amides is 3. The largest absolute Gasteiger partial charge is 0.494 e. The van der Waals surface area contributed by atoms with E-state index in [2.05, 4.69) is 27.3 Å². The monoisotopic (exact) mass is 810 g/mol. The molecule has 6 N–H and O–H groups in total. The minimum atomic E-state index is -0.693. The van der Waals surface area contributed by atoms with Crippen LogP contribution < -0.4 is 31.6 Å². The van der Waals surface area contributed by atoms with Gasteiger partial charge in [0.15, 0.2) is 0 Å². The van der Waals surface area contributed by atoms with E-state index in [1.807, 2.05) is 19.1 Å². The normalized spacial score (nSPS) is 11.3. The average Bonchev–Trinajstić information content (AvgIpc) is 3.87. The van der Waals surface area contributed by atoms with Crippen LogP contribution in [0.4, 0.5) is 11.9 Å². The van der Waals surface area contributed by atoms with Crippen LogP contribution in [-0.4, -0.2) is 85.7 Å². The highest BCUT2D eigenvalue weighted by Crippen LogP contribution is 2.32. The molecule has 59 heavy (non-hydrogen) atoms. The van der Waals surface area contributed by atoms with Gasteiger partial charge in [0.2, 0.25) is 23.7 Å². The van der Waals surface area contributed by atoms with Gasteiger partial charge < -0.3 is 40.1 Å². The second-order valence-corrected chi connectivity index (χ2v) is 13.7. The number of benzene rings is 2. The molecule has 3 heterocycles. The van der Waals surface area contributed by atoms with Crippen LogP contribution in [0, 0.1) is 6.92 Å². The summed E-state index contributed by atoms with van der Waals surface area (Å²) in [4.78, 5) is 70.6. The van der Waals surface area contributed by atoms with Gasteiger partial charge in [-0.3, -0.25) is 29.2 Å². The van der Waals surface area contributed by atoms with Crippen LogP contribution in [0.15, 0.2) is 54.6 Å². The molecule has 0 fully saturated rings. The van der Waals surface area contributed by atoms with E-state index in [9.17, 15) is 24.0 Å². The first kappa shape index (κ1) is 43.1. The first-order valence-electron chi connectivity index (χ1n) is 19.2. The van der Waals surface area contributed by atoms with E-state index in [1.165, 1.54) is 19.2 Å². The van der Waals surface area contributed by atoms with Crippen LogP contribution in [0.25, 0.3) is 22.1 Å². The number of nitrogens with one attached hydrogen (secondary N) is 2. The molecule has 0 unspecified atom stereocenters. The number of aromatic nitrogens is 6. The van der Waals surface area contributed by atoms with E-state index in [-0.39, 0.29) is 49.7 Å². The third kappa shape index (κ3) is 10.7. The summed E-state index contributed by atoms with van der Waals surface area (Å²) < 4.78 is 21.9. The van der Waals surface area contributed by atoms with E-state index < -0.39 is 17.8 Å². The van der Waals surface area contributed by atoms with Gasteiger partial charge in [0.05, 0.1) is 37.1 Å². The number of fused-ring (bicyclic) bond motifs is 2. The number of nitrogens with two attached hydrogens (primary N) is 2. The van der Waals surface area contributed by atoms with Crippen LogP contribution in [-0.2, 0) is 34.0 Å². The zero-order valence-corrected chi connectivity index (χ0v) is 33.7. The number of methoxy groups -OCH3 is 1. The van der Waals surface area contributed by atoms with Crippen molar-refractivity contribution in [1.82, 2.24) is 34.2 Å². The third-order valence-corrected chi connectivity index (χ3v) is 9.24. The van der Waals surface area contributed by atoms with Crippen molar-refractivity contribution in [1.29, 1.82) is 0 Å². The number of nitrogens with zero attached hydrogens (tertiary/aromatic N) is 6. The first-order chi connectivity index (χ1) is 28.3. The van der Waals surface area contributed by atoms with Crippen molar-refractivity contribution < 1.29 is 38.2 Å². The van der Waals surface area contributed by atoms with Crippen molar-refractivity contribution in [2.45, 2.75) is 72.5 Å². The molecule has 312 valence electrons. The zero-order valence-electron chi connectivity index (χ0n) is 33.7. The number of carbonyl (C=O) groups is 5. The molecule has 0 saturated carbocycles. The fourth-order valence-corrected chi connectivity index (χ4v) is 6.35. The molecule has 5 rings (SSSR count). The standard InChI is InChI=1S/C41H50N10O8/c1-6-51-31(19-26(4)48-51)38(55)47-41-46-30-22-28(37(42)54)23-33(58-18-12-14-44-34(53)13-8-7-11-17-59-39(56)25(2)3)36(30)50(41)16-10-9-15-49-35-29(45-40(49)43)20-27(24-52)21-32(35)57-5/h9-10,19-24H,2,6-8,11-18H2,1,3-5H3,(H2,42,54)(H2,43,45)(H,44,53)(H,46,47,55)/b10-9+. The van der Waals surface area contributed by atoms with E-state index in [1.54, 1.807) is 45.9 Å². The van der Waals surface area contributed by atoms with Gasteiger partial charge >= 0.3 is 5.97 Å². The van der Waals surface area contributed by atoms with Gasteiger partial charge in [-0.15, -0.1) is 0 Å². The van der Waals surface area contributed by atoms with Crippen LogP contribution >= 0.6 is 0 Å². The molecule has 0 aliphatic carbocycles. The Labute approximate surface area is 340 Å². The van der Waals surface area contributed by atoms with Gasteiger partial charge in [-0.1, -0.05) is 18.7 Å². The number of esters is 1. The Morgan fingerprint density at radius 3 is 2.34 bits per heavy atom. The van der Waals surface area contributed by atoms with Crippen molar-refractivity contribution in [3.63, 3.8) is 0 Å². The Kier molecular flexibility index (Phi) is 14.6. The molecule has 2 aromatic carbocycles. The van der Waals surface area contributed by atoms with Gasteiger partial charge in [-0.2, -0.15) is 5.10 Å². The van der Waals surface area contributed by atoms with E-state index >= 15 is 0 Å². The fourth-order valence-electron chi connectivity index (χ4n) is 6.35. The lowest BCUT2D eigenvalue weighted by Crippen LogP contribution is -2.25. The number of ether oxygens (including phenoxy) is 3. The van der Waals surface area contributed by atoms with Gasteiger partial charge in [0.25, 0.3) is 5.91 Å². The number of primary amides is 1. The Morgan fingerprint density at radius 1 is 0.915 bits per heavy atom. The average molecular weight is 811 g/mol. The Balaban J connectivity index is 1.34. The quantitative estimate of drug-likeness (QED) is 0.0249. The van der Waals surface area contributed by atoms with Crippen LogP contribution in [0.3, 0.4) is 0 Å². The van der Waals surface area contributed by atoms with Gasteiger partial charge in [-0.25, -0.2) is 14.8 Å². The van der Waals surface area contributed by atoms with Crippen molar-refractivity contribution in [3.8, 4) is 11.5 Å². The summed E-state index contributed by atoms with van der Waals surface area (Å²) in [6, 6.07) is 7.98. The highest BCUT2D eigenvalue weighted by Gasteiger charge is 2.22. The summed E-state index contributed by atoms with van der Waals surface area (Å²) in [7, 11) is 1.50. The molecule has 0 radical (unpaired) electrons. The van der Waals surface area contributed by atoms with Crippen molar-refractivity contribution in [3.05, 3.63) is 77.2 Å². The highest BCUT2D eigenvalue weighted by molar-refractivity contribution is 6.04. The van der Waals surface area contributed by atoms with Crippen molar-refractivity contribution in [2.24, 2.45) is 5.73 Å². The molecule has 18 heteroatoms. The Hall–Kier alpha value is -6.98. The minimum Gasteiger partial charge on any atom is -0.494 e. The lowest BCUT2D eigenvalue weighted by molar-refractivity contribution is -0.139. The number of nitrogen functional groups attached to an aromatic ring is 1. The molecule has 3 amide bonds. The Bertz CT molecular complexity index is 2410. The maximum Gasteiger partial charge on any atom is 0.333 e. The predicted octanol–water partition coefficient (Wildman–Crippen LogP) is 4.49. The summed E-state index contributed by atoms with van der Waals surface area (Å²) in [5.74, 6) is -0.524. The molecule has 0 aliphatic rings. The van der Waals surface area contributed by atoms with Crippen molar-refractivity contribution >= 4 is 63.9 Å². The summed E-state index contributed by atoms with van der Waals surface area (Å²) in [5, 5.41) is 10.2. The molecule has 0 aliphatic heterocycles.